The zero-order valence-corrected chi connectivity index (χ0v) is 17.2. The minimum absolute atomic E-state index is 0.122. The smallest absolute Gasteiger partial charge is 0.243 e. The number of aromatic nitrogens is 2. The molecule has 1 fully saturated rings. The minimum atomic E-state index is -3.59. The molecule has 2 aromatic carbocycles. The lowest BCUT2D eigenvalue weighted by Gasteiger charge is -2.30. The van der Waals surface area contributed by atoms with Crippen molar-refractivity contribution >= 4 is 10.0 Å². The van der Waals surface area contributed by atoms with Crippen molar-refractivity contribution in [3.8, 4) is 17.1 Å². The normalized spacial score (nSPS) is 17.9. The van der Waals surface area contributed by atoms with Gasteiger partial charge in [-0.2, -0.15) is 9.29 Å². The van der Waals surface area contributed by atoms with Gasteiger partial charge in [-0.25, -0.2) is 8.42 Å². The number of hydrogen-bond acceptors (Lipinski definition) is 6. The van der Waals surface area contributed by atoms with Crippen LogP contribution in [-0.4, -0.2) is 43.1 Å². The van der Waals surface area contributed by atoms with Crippen molar-refractivity contribution < 1.29 is 17.7 Å². The zero-order chi connectivity index (χ0) is 20.4. The van der Waals surface area contributed by atoms with Gasteiger partial charge in [-0.15, -0.1) is 0 Å². The van der Waals surface area contributed by atoms with Gasteiger partial charge in [0.05, 0.1) is 17.9 Å². The second-order valence-corrected chi connectivity index (χ2v) is 9.14. The molecule has 0 aliphatic carbocycles. The molecular weight excluding hydrogens is 390 g/mol. The Morgan fingerprint density at radius 1 is 1.10 bits per heavy atom. The standard InChI is InChI=1S/C21H23N3O4S/c1-15-5-7-16(8-6-15)20-22-21(28-23-20)17-4-3-13-24(14-17)29(25,26)19-11-9-18(27-2)10-12-19/h5-12,17H,3-4,13-14H2,1-2H3/t17-/m0/s1. The van der Waals surface area contributed by atoms with E-state index in [0.717, 1.165) is 24.0 Å². The molecule has 0 spiro atoms. The highest BCUT2D eigenvalue weighted by Crippen LogP contribution is 2.31. The second kappa shape index (κ2) is 7.96. The number of ether oxygens (including phenoxy) is 1. The Bertz CT molecular complexity index is 1080. The first kappa shape index (κ1) is 19.6. The fraction of sp³-hybridized carbons (Fsp3) is 0.333. The molecule has 0 radical (unpaired) electrons. The largest absolute Gasteiger partial charge is 0.497 e. The molecule has 1 aliphatic heterocycles. The van der Waals surface area contributed by atoms with E-state index in [4.69, 9.17) is 9.26 Å². The number of sulfonamides is 1. The average molecular weight is 413 g/mol. The van der Waals surface area contributed by atoms with Crippen molar-refractivity contribution in [3.05, 3.63) is 60.0 Å². The highest BCUT2D eigenvalue weighted by molar-refractivity contribution is 7.89. The van der Waals surface area contributed by atoms with Crippen molar-refractivity contribution in [2.45, 2.75) is 30.6 Å². The van der Waals surface area contributed by atoms with Crippen molar-refractivity contribution in [1.82, 2.24) is 14.4 Å². The highest BCUT2D eigenvalue weighted by Gasteiger charge is 2.33. The van der Waals surface area contributed by atoms with E-state index >= 15 is 0 Å². The number of aryl methyl sites for hydroxylation is 1. The Kier molecular flexibility index (Phi) is 5.38. The molecule has 1 atom stereocenters. The van der Waals surface area contributed by atoms with Gasteiger partial charge < -0.3 is 9.26 Å². The third-order valence-corrected chi connectivity index (χ3v) is 7.06. The summed E-state index contributed by atoms with van der Waals surface area (Å²) in [6.07, 6.45) is 1.55. The molecule has 0 amide bonds. The van der Waals surface area contributed by atoms with Crippen molar-refractivity contribution in [2.75, 3.05) is 20.2 Å². The molecule has 3 aromatic rings. The first-order chi connectivity index (χ1) is 14.0. The summed E-state index contributed by atoms with van der Waals surface area (Å²) in [5, 5.41) is 4.09. The van der Waals surface area contributed by atoms with Crippen LogP contribution in [0.2, 0.25) is 0 Å². The van der Waals surface area contributed by atoms with Crippen molar-refractivity contribution in [1.29, 1.82) is 0 Å². The molecule has 2 heterocycles. The van der Waals surface area contributed by atoms with Crippen molar-refractivity contribution in [3.63, 3.8) is 0 Å². The van der Waals surface area contributed by atoms with Gasteiger partial charge in [0, 0.05) is 18.7 Å². The predicted octanol–water partition coefficient (Wildman–Crippen LogP) is 3.62. The van der Waals surface area contributed by atoms with Gasteiger partial charge in [-0.1, -0.05) is 35.0 Å². The van der Waals surface area contributed by atoms with Gasteiger partial charge in [0.15, 0.2) is 0 Å². The second-order valence-electron chi connectivity index (χ2n) is 7.20. The molecule has 0 unspecified atom stereocenters. The lowest BCUT2D eigenvalue weighted by Crippen LogP contribution is -2.39. The quantitative estimate of drug-likeness (QED) is 0.635. The summed E-state index contributed by atoms with van der Waals surface area (Å²) < 4.78 is 38.2. The van der Waals surface area contributed by atoms with E-state index in [1.54, 1.807) is 31.4 Å². The van der Waals surface area contributed by atoms with E-state index in [-0.39, 0.29) is 10.8 Å². The van der Waals surface area contributed by atoms with E-state index < -0.39 is 10.0 Å². The van der Waals surface area contributed by atoms with E-state index in [1.165, 1.54) is 4.31 Å². The van der Waals surface area contributed by atoms with Crippen LogP contribution in [0.3, 0.4) is 0 Å². The Hall–Kier alpha value is -2.71. The average Bonchev–Trinajstić information content (AvgIpc) is 3.25. The Morgan fingerprint density at radius 2 is 1.83 bits per heavy atom. The number of rotatable bonds is 5. The van der Waals surface area contributed by atoms with Crippen LogP contribution in [0.1, 0.15) is 30.2 Å². The molecule has 7 nitrogen and oxygen atoms in total. The molecule has 4 rings (SSSR count). The van der Waals surface area contributed by atoms with Crippen LogP contribution in [0.15, 0.2) is 57.9 Å². The molecule has 1 saturated heterocycles. The van der Waals surface area contributed by atoms with Gasteiger partial charge >= 0.3 is 0 Å². The zero-order valence-electron chi connectivity index (χ0n) is 16.4. The number of benzene rings is 2. The van der Waals surface area contributed by atoms with Gasteiger partial charge in [0.25, 0.3) is 0 Å². The van der Waals surface area contributed by atoms with E-state index in [2.05, 4.69) is 10.1 Å². The molecule has 1 aromatic heterocycles. The summed E-state index contributed by atoms with van der Waals surface area (Å²) in [4.78, 5) is 4.78. The molecule has 8 heteroatoms. The summed E-state index contributed by atoms with van der Waals surface area (Å²) >= 11 is 0. The number of piperidine rings is 1. The Morgan fingerprint density at radius 3 is 2.52 bits per heavy atom. The van der Waals surface area contributed by atoms with Gasteiger partial charge in [-0.05, 0) is 44.0 Å². The van der Waals surface area contributed by atoms with E-state index in [0.29, 0.717) is 30.6 Å². The topological polar surface area (TPSA) is 85.5 Å². The molecule has 29 heavy (non-hydrogen) atoms. The summed E-state index contributed by atoms with van der Waals surface area (Å²) in [5.41, 5.74) is 2.04. The van der Waals surface area contributed by atoms with Crippen molar-refractivity contribution in [2.24, 2.45) is 0 Å². The van der Waals surface area contributed by atoms with Gasteiger partial charge in [-0.3, -0.25) is 0 Å². The lowest BCUT2D eigenvalue weighted by atomic mass is 10.00. The predicted molar refractivity (Wildman–Crippen MR) is 108 cm³/mol. The maximum Gasteiger partial charge on any atom is 0.243 e. The monoisotopic (exact) mass is 413 g/mol. The van der Waals surface area contributed by atoms with E-state index in [9.17, 15) is 8.42 Å². The fourth-order valence-electron chi connectivity index (χ4n) is 3.48. The minimum Gasteiger partial charge on any atom is -0.497 e. The number of hydrogen-bond donors (Lipinski definition) is 0. The van der Waals surface area contributed by atoms with Crippen LogP contribution in [0.5, 0.6) is 5.75 Å². The van der Waals surface area contributed by atoms with Crippen LogP contribution < -0.4 is 4.74 Å². The first-order valence-electron chi connectivity index (χ1n) is 9.52. The molecule has 0 bridgehead atoms. The first-order valence-corrected chi connectivity index (χ1v) is 11.0. The van der Waals surface area contributed by atoms with Crippen LogP contribution in [-0.2, 0) is 10.0 Å². The molecular formula is C21H23N3O4S. The summed E-state index contributed by atoms with van der Waals surface area (Å²) in [6, 6.07) is 14.3. The third-order valence-electron chi connectivity index (χ3n) is 5.18. The van der Waals surface area contributed by atoms with Crippen LogP contribution in [0.25, 0.3) is 11.4 Å². The van der Waals surface area contributed by atoms with Crippen LogP contribution >= 0.6 is 0 Å². The highest BCUT2D eigenvalue weighted by atomic mass is 32.2. The molecule has 152 valence electrons. The Labute approximate surface area is 170 Å². The molecule has 1 aliphatic rings. The summed E-state index contributed by atoms with van der Waals surface area (Å²) in [6.45, 7) is 2.82. The summed E-state index contributed by atoms with van der Waals surface area (Å²) in [7, 11) is -2.04. The summed E-state index contributed by atoms with van der Waals surface area (Å²) in [5.74, 6) is 1.50. The van der Waals surface area contributed by atoms with Gasteiger partial charge in [0.2, 0.25) is 21.7 Å². The van der Waals surface area contributed by atoms with Crippen LogP contribution in [0.4, 0.5) is 0 Å². The number of methoxy groups -OCH3 is 1. The molecule has 0 N–H and O–H groups in total. The van der Waals surface area contributed by atoms with Gasteiger partial charge in [0.1, 0.15) is 5.75 Å². The maximum absolute atomic E-state index is 13.0. The maximum atomic E-state index is 13.0. The van der Waals surface area contributed by atoms with E-state index in [1.807, 2.05) is 31.2 Å². The fourth-order valence-corrected chi connectivity index (χ4v) is 5.00. The SMILES string of the molecule is COc1ccc(S(=O)(=O)N2CCC[C@H](c3nc(-c4ccc(C)cc4)no3)C2)cc1. The Balaban J connectivity index is 1.53. The van der Waals surface area contributed by atoms with Crippen LogP contribution in [0, 0.1) is 6.92 Å². The number of nitrogens with zero attached hydrogens (tertiary/aromatic N) is 3. The third kappa shape index (κ3) is 4.04. The lowest BCUT2D eigenvalue weighted by molar-refractivity contribution is 0.265. The molecule has 0 saturated carbocycles.